The summed E-state index contributed by atoms with van der Waals surface area (Å²) in [5.74, 6) is -0.0181. The van der Waals surface area contributed by atoms with Gasteiger partial charge in [-0.2, -0.15) is 0 Å². The fourth-order valence-corrected chi connectivity index (χ4v) is 3.61. The van der Waals surface area contributed by atoms with E-state index in [1.165, 1.54) is 21.8 Å². The van der Waals surface area contributed by atoms with Crippen LogP contribution in [0.25, 0.3) is 0 Å². The van der Waals surface area contributed by atoms with Crippen LogP contribution in [0.1, 0.15) is 21.0 Å². The van der Waals surface area contributed by atoms with Crippen molar-refractivity contribution in [3.8, 4) is 0 Å². The van der Waals surface area contributed by atoms with E-state index in [1.54, 1.807) is 11.3 Å². The minimum atomic E-state index is -0.0181. The van der Waals surface area contributed by atoms with Gasteiger partial charge in [-0.25, -0.2) is 4.98 Å². The molecule has 2 aromatic rings. The van der Waals surface area contributed by atoms with Gasteiger partial charge in [-0.3, -0.25) is 9.69 Å². The molecular formula is C14H19N3OS2. The largest absolute Gasteiger partial charge is 0.301 e. The van der Waals surface area contributed by atoms with Gasteiger partial charge < -0.3 is 5.32 Å². The molecule has 0 saturated carbocycles. The molecule has 2 aromatic heterocycles. The molecule has 20 heavy (non-hydrogen) atoms. The highest BCUT2D eigenvalue weighted by atomic mass is 32.1. The van der Waals surface area contributed by atoms with Crippen molar-refractivity contribution in [1.29, 1.82) is 0 Å². The van der Waals surface area contributed by atoms with Gasteiger partial charge in [0.1, 0.15) is 0 Å². The van der Waals surface area contributed by atoms with Crippen molar-refractivity contribution in [3.05, 3.63) is 32.5 Å². The van der Waals surface area contributed by atoms with Gasteiger partial charge in [0.15, 0.2) is 5.13 Å². The van der Waals surface area contributed by atoms with Gasteiger partial charge in [-0.1, -0.05) is 0 Å². The van der Waals surface area contributed by atoms with Crippen LogP contribution in [0.2, 0.25) is 0 Å². The van der Waals surface area contributed by atoms with Gasteiger partial charge in [-0.05, 0) is 44.8 Å². The number of aryl methyl sites for hydroxylation is 3. The lowest BCUT2D eigenvalue weighted by Crippen LogP contribution is -2.29. The normalized spacial score (nSPS) is 11.1. The molecule has 2 rings (SSSR count). The molecule has 1 amide bonds. The molecule has 2 heterocycles. The first-order valence-electron chi connectivity index (χ1n) is 6.41. The molecule has 0 unspecified atom stereocenters. The minimum Gasteiger partial charge on any atom is -0.301 e. The summed E-state index contributed by atoms with van der Waals surface area (Å²) in [7, 11) is 1.96. The van der Waals surface area contributed by atoms with E-state index in [-0.39, 0.29) is 5.91 Å². The Hall–Kier alpha value is -1.24. The standard InChI is InChI=1S/C14H19N3OS2/c1-9-5-6-19-12(9)7-17(4)8-13(18)16-14-15-10(2)11(3)20-14/h5-6H,7-8H2,1-4H3,(H,15,16,18). The van der Waals surface area contributed by atoms with E-state index in [2.05, 4.69) is 28.7 Å². The number of hydrogen-bond donors (Lipinski definition) is 1. The highest BCUT2D eigenvalue weighted by Crippen LogP contribution is 2.21. The number of carbonyl (C=O) groups is 1. The van der Waals surface area contributed by atoms with E-state index in [1.807, 2.05) is 25.8 Å². The summed E-state index contributed by atoms with van der Waals surface area (Å²) in [6, 6.07) is 2.11. The summed E-state index contributed by atoms with van der Waals surface area (Å²) in [5.41, 5.74) is 2.27. The number of hydrogen-bond acceptors (Lipinski definition) is 5. The van der Waals surface area contributed by atoms with Gasteiger partial charge >= 0.3 is 0 Å². The summed E-state index contributed by atoms with van der Waals surface area (Å²) in [4.78, 5) is 20.8. The minimum absolute atomic E-state index is 0.0181. The zero-order valence-corrected chi connectivity index (χ0v) is 13.8. The molecule has 4 nitrogen and oxygen atoms in total. The van der Waals surface area contributed by atoms with Gasteiger partial charge in [0.05, 0.1) is 12.2 Å². The number of rotatable bonds is 5. The first-order valence-corrected chi connectivity index (χ1v) is 8.10. The lowest BCUT2D eigenvalue weighted by atomic mass is 10.3. The first kappa shape index (κ1) is 15.2. The summed E-state index contributed by atoms with van der Waals surface area (Å²) in [6.07, 6.45) is 0. The average Bonchev–Trinajstić information content (AvgIpc) is 2.86. The topological polar surface area (TPSA) is 45.2 Å². The molecule has 0 saturated heterocycles. The van der Waals surface area contributed by atoms with Crippen LogP contribution < -0.4 is 5.32 Å². The summed E-state index contributed by atoms with van der Waals surface area (Å²) < 4.78 is 0. The van der Waals surface area contributed by atoms with Crippen LogP contribution in [0.3, 0.4) is 0 Å². The lowest BCUT2D eigenvalue weighted by Gasteiger charge is -2.15. The SMILES string of the molecule is Cc1ccsc1CN(C)CC(=O)Nc1nc(C)c(C)s1. The third kappa shape index (κ3) is 3.88. The van der Waals surface area contributed by atoms with E-state index in [0.29, 0.717) is 11.7 Å². The van der Waals surface area contributed by atoms with Gasteiger partial charge in [0.2, 0.25) is 5.91 Å². The number of nitrogens with zero attached hydrogens (tertiary/aromatic N) is 2. The van der Waals surface area contributed by atoms with E-state index in [9.17, 15) is 4.79 Å². The lowest BCUT2D eigenvalue weighted by molar-refractivity contribution is -0.117. The third-order valence-corrected chi connectivity index (χ3v) is 5.07. The number of thiazole rings is 1. The zero-order valence-electron chi connectivity index (χ0n) is 12.2. The van der Waals surface area contributed by atoms with Crippen molar-refractivity contribution in [1.82, 2.24) is 9.88 Å². The number of aromatic nitrogens is 1. The Labute approximate surface area is 127 Å². The number of likely N-dealkylation sites (N-methyl/N-ethyl adjacent to an activating group) is 1. The van der Waals surface area contributed by atoms with Crippen molar-refractivity contribution < 1.29 is 4.79 Å². The number of nitrogens with one attached hydrogen (secondary N) is 1. The highest BCUT2D eigenvalue weighted by molar-refractivity contribution is 7.15. The van der Waals surface area contributed by atoms with E-state index in [4.69, 9.17) is 0 Å². The van der Waals surface area contributed by atoms with Crippen LogP contribution in [-0.2, 0) is 11.3 Å². The van der Waals surface area contributed by atoms with Crippen molar-refractivity contribution in [2.75, 3.05) is 18.9 Å². The highest BCUT2D eigenvalue weighted by Gasteiger charge is 2.11. The monoisotopic (exact) mass is 309 g/mol. The molecule has 0 radical (unpaired) electrons. The summed E-state index contributed by atoms with van der Waals surface area (Å²) in [5, 5.41) is 5.63. The molecule has 0 aliphatic rings. The van der Waals surface area contributed by atoms with E-state index >= 15 is 0 Å². The maximum absolute atomic E-state index is 12.0. The molecule has 0 atom stereocenters. The maximum atomic E-state index is 12.0. The Morgan fingerprint density at radius 2 is 2.15 bits per heavy atom. The number of amides is 1. The van der Waals surface area contributed by atoms with Crippen molar-refractivity contribution in [3.63, 3.8) is 0 Å². The molecule has 1 N–H and O–H groups in total. The van der Waals surface area contributed by atoms with Crippen molar-refractivity contribution in [2.24, 2.45) is 0 Å². The number of thiophene rings is 1. The predicted octanol–water partition coefficient (Wildman–Crippen LogP) is 3.20. The Kier molecular flexibility index (Phi) is 4.91. The van der Waals surface area contributed by atoms with Crippen molar-refractivity contribution in [2.45, 2.75) is 27.3 Å². The third-order valence-electron chi connectivity index (χ3n) is 3.07. The fraction of sp³-hybridized carbons (Fsp3) is 0.429. The Morgan fingerprint density at radius 3 is 2.70 bits per heavy atom. The molecule has 108 valence electrons. The molecule has 0 aliphatic carbocycles. The maximum Gasteiger partial charge on any atom is 0.240 e. The second kappa shape index (κ2) is 6.47. The molecule has 0 aromatic carbocycles. The number of anilines is 1. The van der Waals surface area contributed by atoms with Crippen LogP contribution in [0.4, 0.5) is 5.13 Å². The first-order chi connectivity index (χ1) is 9.45. The smallest absolute Gasteiger partial charge is 0.240 e. The quantitative estimate of drug-likeness (QED) is 0.922. The Balaban J connectivity index is 1.86. The summed E-state index contributed by atoms with van der Waals surface area (Å²) in [6.45, 7) is 7.23. The molecular weight excluding hydrogens is 290 g/mol. The van der Waals surface area contributed by atoms with Crippen LogP contribution in [-0.4, -0.2) is 29.4 Å². The van der Waals surface area contributed by atoms with Gasteiger partial charge in [0.25, 0.3) is 0 Å². The molecule has 0 spiro atoms. The van der Waals surface area contributed by atoms with Crippen LogP contribution >= 0.6 is 22.7 Å². The average molecular weight is 309 g/mol. The van der Waals surface area contributed by atoms with Crippen LogP contribution in [0, 0.1) is 20.8 Å². The van der Waals surface area contributed by atoms with E-state index in [0.717, 1.165) is 17.1 Å². The van der Waals surface area contributed by atoms with Gasteiger partial charge in [0, 0.05) is 16.3 Å². The molecule has 0 bridgehead atoms. The Bertz CT molecular complexity index is 584. The van der Waals surface area contributed by atoms with Crippen molar-refractivity contribution >= 4 is 33.7 Å². The molecule has 0 fully saturated rings. The van der Waals surface area contributed by atoms with Crippen LogP contribution in [0.5, 0.6) is 0 Å². The molecule has 0 aliphatic heterocycles. The second-order valence-corrected chi connectivity index (χ2v) is 7.11. The number of carbonyl (C=O) groups excluding carboxylic acids is 1. The summed E-state index contributed by atoms with van der Waals surface area (Å²) >= 11 is 3.25. The van der Waals surface area contributed by atoms with E-state index < -0.39 is 0 Å². The zero-order chi connectivity index (χ0) is 14.7. The fourth-order valence-electron chi connectivity index (χ4n) is 1.80. The van der Waals surface area contributed by atoms with Crippen LogP contribution in [0.15, 0.2) is 11.4 Å². The second-order valence-electron chi connectivity index (χ2n) is 4.91. The molecule has 6 heteroatoms. The predicted molar refractivity (Wildman–Crippen MR) is 85.6 cm³/mol. The van der Waals surface area contributed by atoms with Gasteiger partial charge in [-0.15, -0.1) is 22.7 Å². The Morgan fingerprint density at radius 1 is 1.40 bits per heavy atom.